The van der Waals surface area contributed by atoms with Gasteiger partial charge in [0.15, 0.2) is 0 Å². The van der Waals surface area contributed by atoms with Gasteiger partial charge in [-0.1, -0.05) is 18.2 Å². The van der Waals surface area contributed by atoms with E-state index in [1.54, 1.807) is 11.8 Å². The molecule has 0 spiro atoms. The van der Waals surface area contributed by atoms with Crippen LogP contribution in [0.2, 0.25) is 0 Å². The lowest BCUT2D eigenvalue weighted by atomic mass is 10.2. The highest BCUT2D eigenvalue weighted by atomic mass is 32.2. The Morgan fingerprint density at radius 3 is 2.65 bits per heavy atom. The second-order valence-corrected chi connectivity index (χ2v) is 5.20. The van der Waals surface area contributed by atoms with Crippen LogP contribution in [0.25, 0.3) is 0 Å². The number of benzene rings is 2. The van der Waals surface area contributed by atoms with Gasteiger partial charge in [-0.05, 0) is 30.3 Å². The van der Waals surface area contributed by atoms with Crippen molar-refractivity contribution < 1.29 is 13.9 Å². The Morgan fingerprint density at radius 2 is 1.95 bits per heavy atom. The Kier molecular flexibility index (Phi) is 5.01. The molecule has 0 bridgehead atoms. The molecule has 0 atom stereocenters. The normalized spacial score (nSPS) is 10.2. The smallest absolute Gasteiger partial charge is 0.338 e. The molecule has 0 heterocycles. The first-order valence-corrected chi connectivity index (χ1v) is 7.05. The molecule has 0 aliphatic rings. The standard InChI is InChI=1S/C15H14FNO2S/c16-13-10-11(6-7-14(13)17)15(18)19-8-9-20-12-4-2-1-3-5-12/h1-7,10H,8-9,17H2. The van der Waals surface area contributed by atoms with Gasteiger partial charge in [-0.2, -0.15) is 0 Å². The van der Waals surface area contributed by atoms with Crippen molar-refractivity contribution in [3.8, 4) is 0 Å². The lowest BCUT2D eigenvalue weighted by Crippen LogP contribution is -2.08. The number of rotatable bonds is 5. The van der Waals surface area contributed by atoms with E-state index in [2.05, 4.69) is 0 Å². The molecule has 20 heavy (non-hydrogen) atoms. The van der Waals surface area contributed by atoms with Gasteiger partial charge in [-0.25, -0.2) is 9.18 Å². The third kappa shape index (κ3) is 3.99. The molecule has 104 valence electrons. The number of halogens is 1. The van der Waals surface area contributed by atoms with Crippen molar-refractivity contribution in [3.05, 3.63) is 59.9 Å². The zero-order valence-corrected chi connectivity index (χ0v) is 11.5. The summed E-state index contributed by atoms with van der Waals surface area (Å²) in [6.07, 6.45) is 0. The Bertz CT molecular complexity index is 590. The SMILES string of the molecule is Nc1ccc(C(=O)OCCSc2ccccc2)cc1F. The molecule has 3 nitrogen and oxygen atoms in total. The van der Waals surface area contributed by atoms with Gasteiger partial charge in [0.25, 0.3) is 0 Å². The number of carbonyl (C=O) groups is 1. The van der Waals surface area contributed by atoms with E-state index < -0.39 is 11.8 Å². The van der Waals surface area contributed by atoms with Crippen LogP contribution in [0.15, 0.2) is 53.4 Å². The number of nitrogen functional groups attached to an aromatic ring is 1. The molecule has 0 fully saturated rings. The van der Waals surface area contributed by atoms with Crippen molar-refractivity contribution in [1.29, 1.82) is 0 Å². The van der Waals surface area contributed by atoms with Gasteiger partial charge >= 0.3 is 5.97 Å². The molecule has 0 aliphatic carbocycles. The molecular formula is C15H14FNO2S. The zero-order chi connectivity index (χ0) is 14.4. The van der Waals surface area contributed by atoms with E-state index in [1.807, 2.05) is 30.3 Å². The number of anilines is 1. The zero-order valence-electron chi connectivity index (χ0n) is 10.7. The molecule has 0 saturated heterocycles. The second kappa shape index (κ2) is 6.96. The number of thioether (sulfide) groups is 1. The minimum atomic E-state index is -0.613. The first-order valence-electron chi connectivity index (χ1n) is 6.07. The maximum atomic E-state index is 13.2. The highest BCUT2D eigenvalue weighted by Crippen LogP contribution is 2.17. The van der Waals surface area contributed by atoms with Crippen molar-refractivity contribution in [3.63, 3.8) is 0 Å². The van der Waals surface area contributed by atoms with Crippen LogP contribution >= 0.6 is 11.8 Å². The minimum Gasteiger partial charge on any atom is -0.461 e. The first-order chi connectivity index (χ1) is 9.66. The van der Waals surface area contributed by atoms with Crippen LogP contribution in [0.5, 0.6) is 0 Å². The quantitative estimate of drug-likeness (QED) is 0.397. The highest BCUT2D eigenvalue weighted by Gasteiger charge is 2.09. The number of ether oxygens (including phenoxy) is 1. The molecule has 5 heteroatoms. The summed E-state index contributed by atoms with van der Waals surface area (Å²) in [7, 11) is 0. The van der Waals surface area contributed by atoms with Gasteiger partial charge in [0, 0.05) is 10.6 Å². The molecular weight excluding hydrogens is 277 g/mol. The average Bonchev–Trinajstić information content (AvgIpc) is 2.47. The van der Waals surface area contributed by atoms with Crippen molar-refractivity contribution in [1.82, 2.24) is 0 Å². The Morgan fingerprint density at radius 1 is 1.20 bits per heavy atom. The predicted octanol–water partition coefficient (Wildman–Crippen LogP) is 3.36. The van der Waals surface area contributed by atoms with Gasteiger partial charge < -0.3 is 10.5 Å². The predicted molar refractivity (Wildman–Crippen MR) is 78.3 cm³/mol. The molecule has 0 amide bonds. The molecule has 2 aromatic carbocycles. The van der Waals surface area contributed by atoms with E-state index >= 15 is 0 Å². The summed E-state index contributed by atoms with van der Waals surface area (Å²) in [4.78, 5) is 12.8. The summed E-state index contributed by atoms with van der Waals surface area (Å²) < 4.78 is 18.3. The third-order valence-electron chi connectivity index (χ3n) is 2.56. The Balaban J connectivity index is 1.79. The fourth-order valence-electron chi connectivity index (χ4n) is 1.55. The topological polar surface area (TPSA) is 52.3 Å². The third-order valence-corrected chi connectivity index (χ3v) is 3.54. The number of hydrogen-bond donors (Lipinski definition) is 1. The van der Waals surface area contributed by atoms with E-state index in [0.717, 1.165) is 11.0 Å². The molecule has 2 N–H and O–H groups in total. The maximum absolute atomic E-state index is 13.2. The van der Waals surface area contributed by atoms with E-state index in [1.165, 1.54) is 12.1 Å². The van der Waals surface area contributed by atoms with E-state index in [-0.39, 0.29) is 17.9 Å². The van der Waals surface area contributed by atoms with Gasteiger partial charge in [0.05, 0.1) is 11.3 Å². The van der Waals surface area contributed by atoms with Crippen LogP contribution < -0.4 is 5.73 Å². The Hall–Kier alpha value is -2.01. The highest BCUT2D eigenvalue weighted by molar-refractivity contribution is 7.99. The summed E-state index contributed by atoms with van der Waals surface area (Å²) in [6, 6.07) is 13.7. The summed E-state index contributed by atoms with van der Waals surface area (Å²) in [6.45, 7) is 0.268. The number of carbonyl (C=O) groups excluding carboxylic acids is 1. The molecule has 0 radical (unpaired) electrons. The van der Waals surface area contributed by atoms with Crippen LogP contribution in [0.4, 0.5) is 10.1 Å². The van der Waals surface area contributed by atoms with Crippen LogP contribution in [0.1, 0.15) is 10.4 Å². The summed E-state index contributed by atoms with van der Waals surface area (Å²) in [5.41, 5.74) is 5.53. The van der Waals surface area contributed by atoms with Crippen LogP contribution in [0.3, 0.4) is 0 Å². The van der Waals surface area contributed by atoms with E-state index in [0.29, 0.717) is 5.75 Å². The lowest BCUT2D eigenvalue weighted by molar-refractivity contribution is 0.0530. The Labute approximate surface area is 120 Å². The van der Waals surface area contributed by atoms with Gasteiger partial charge in [-0.15, -0.1) is 11.8 Å². The summed E-state index contributed by atoms with van der Waals surface area (Å²) in [5.74, 6) is -0.511. The number of hydrogen-bond acceptors (Lipinski definition) is 4. The van der Waals surface area contributed by atoms with Crippen LogP contribution in [-0.2, 0) is 4.74 Å². The van der Waals surface area contributed by atoms with Crippen molar-refractivity contribution in [2.24, 2.45) is 0 Å². The maximum Gasteiger partial charge on any atom is 0.338 e. The first kappa shape index (κ1) is 14.4. The van der Waals surface area contributed by atoms with Crippen molar-refractivity contribution in [2.45, 2.75) is 4.90 Å². The fraction of sp³-hybridized carbons (Fsp3) is 0.133. The molecule has 0 saturated carbocycles. The molecule has 0 aromatic heterocycles. The van der Waals surface area contributed by atoms with Crippen molar-refractivity contribution >= 4 is 23.4 Å². The summed E-state index contributed by atoms with van der Waals surface area (Å²) in [5, 5.41) is 0. The monoisotopic (exact) mass is 291 g/mol. The van der Waals surface area contributed by atoms with Gasteiger partial charge in [0.2, 0.25) is 0 Å². The largest absolute Gasteiger partial charge is 0.461 e. The van der Waals surface area contributed by atoms with Gasteiger partial charge in [-0.3, -0.25) is 0 Å². The molecule has 2 aromatic rings. The second-order valence-electron chi connectivity index (χ2n) is 4.03. The molecule has 0 unspecified atom stereocenters. The molecule has 0 aliphatic heterocycles. The summed E-state index contributed by atoms with van der Waals surface area (Å²) >= 11 is 1.59. The average molecular weight is 291 g/mol. The lowest BCUT2D eigenvalue weighted by Gasteiger charge is -2.05. The van der Waals surface area contributed by atoms with Crippen LogP contribution in [0, 0.1) is 5.82 Å². The van der Waals surface area contributed by atoms with Crippen LogP contribution in [-0.4, -0.2) is 18.3 Å². The number of nitrogens with two attached hydrogens (primary N) is 1. The molecule has 2 rings (SSSR count). The minimum absolute atomic E-state index is 0.0150. The fourth-order valence-corrected chi connectivity index (χ4v) is 2.30. The van der Waals surface area contributed by atoms with Gasteiger partial charge in [0.1, 0.15) is 12.4 Å². The van der Waals surface area contributed by atoms with E-state index in [9.17, 15) is 9.18 Å². The van der Waals surface area contributed by atoms with E-state index in [4.69, 9.17) is 10.5 Å². The number of esters is 1. The van der Waals surface area contributed by atoms with Crippen molar-refractivity contribution in [2.75, 3.05) is 18.1 Å².